The number of nitrogen functional groups attached to an aromatic ring is 1. The molecule has 31 heavy (non-hydrogen) atoms. The molecule has 0 fully saturated rings. The molecular weight excluding hydrogens is 390 g/mol. The monoisotopic (exact) mass is 417 g/mol. The van der Waals surface area contributed by atoms with E-state index in [-0.39, 0.29) is 5.91 Å². The van der Waals surface area contributed by atoms with E-state index in [0.717, 1.165) is 66.4 Å². The van der Waals surface area contributed by atoms with Gasteiger partial charge in [-0.15, -0.1) is 0 Å². The van der Waals surface area contributed by atoms with Crippen molar-refractivity contribution in [1.82, 2.24) is 29.8 Å². The average Bonchev–Trinajstić information content (AvgIpc) is 3.17. The van der Waals surface area contributed by atoms with Gasteiger partial charge in [0.2, 0.25) is 0 Å². The van der Waals surface area contributed by atoms with Gasteiger partial charge < -0.3 is 15.6 Å². The first-order chi connectivity index (χ1) is 15.2. The van der Waals surface area contributed by atoms with Crippen LogP contribution in [0.25, 0.3) is 21.9 Å². The van der Waals surface area contributed by atoms with E-state index in [9.17, 15) is 4.79 Å². The summed E-state index contributed by atoms with van der Waals surface area (Å²) >= 11 is 0. The number of benzene rings is 1. The molecule has 4 aromatic rings. The van der Waals surface area contributed by atoms with Crippen LogP contribution in [-0.4, -0.2) is 37.0 Å². The van der Waals surface area contributed by atoms with Crippen LogP contribution >= 0.6 is 0 Å². The summed E-state index contributed by atoms with van der Waals surface area (Å²) in [5.74, 6) is 1.32. The van der Waals surface area contributed by atoms with Crippen LogP contribution in [0.4, 0.5) is 5.82 Å². The second kappa shape index (κ2) is 9.51. The van der Waals surface area contributed by atoms with Crippen molar-refractivity contribution in [2.75, 3.05) is 12.3 Å². The van der Waals surface area contributed by atoms with Crippen LogP contribution in [0.1, 0.15) is 48.9 Å². The van der Waals surface area contributed by atoms with Gasteiger partial charge in [-0.3, -0.25) is 9.78 Å². The molecule has 8 nitrogen and oxygen atoms in total. The Morgan fingerprint density at radius 2 is 2.00 bits per heavy atom. The highest BCUT2D eigenvalue weighted by Crippen LogP contribution is 2.29. The maximum absolute atomic E-state index is 12.1. The standard InChI is InChI=1S/C23H27N7O/c1-2-3-10-19-29-20-21(16-8-4-5-9-17(16)28-22(20)24)30(19)14-7-6-11-27-23(31)18-15-25-12-13-26-18/h4-5,8-9,12-13,15H,2-3,6-7,10-11,14H2,1H3,(H2,24,28)(H,27,31). The zero-order valence-electron chi connectivity index (χ0n) is 17.7. The van der Waals surface area contributed by atoms with Crippen LogP contribution < -0.4 is 11.1 Å². The molecule has 0 atom stereocenters. The van der Waals surface area contributed by atoms with Crippen molar-refractivity contribution < 1.29 is 4.79 Å². The number of para-hydroxylation sites is 1. The Morgan fingerprint density at radius 1 is 1.13 bits per heavy atom. The Balaban J connectivity index is 1.51. The molecule has 0 aliphatic heterocycles. The number of aryl methyl sites for hydroxylation is 2. The maximum Gasteiger partial charge on any atom is 0.271 e. The summed E-state index contributed by atoms with van der Waals surface area (Å²) in [6.07, 6.45) is 9.36. The minimum atomic E-state index is -0.199. The number of hydrogen-bond acceptors (Lipinski definition) is 6. The fraction of sp³-hybridized carbons (Fsp3) is 0.348. The van der Waals surface area contributed by atoms with Crippen molar-refractivity contribution in [3.63, 3.8) is 0 Å². The molecule has 8 heteroatoms. The first kappa shape index (κ1) is 20.7. The number of rotatable bonds is 9. The zero-order chi connectivity index (χ0) is 21.6. The Bertz CT molecular complexity index is 1190. The van der Waals surface area contributed by atoms with Crippen molar-refractivity contribution in [3.8, 4) is 0 Å². The van der Waals surface area contributed by atoms with Crippen molar-refractivity contribution in [2.45, 2.75) is 45.6 Å². The Kier molecular flexibility index (Phi) is 6.35. The Morgan fingerprint density at radius 3 is 2.81 bits per heavy atom. The number of hydrogen-bond donors (Lipinski definition) is 2. The molecule has 0 aliphatic carbocycles. The lowest BCUT2D eigenvalue weighted by atomic mass is 10.2. The quantitative estimate of drug-likeness (QED) is 0.403. The molecule has 0 aliphatic rings. The molecule has 0 unspecified atom stereocenters. The number of unbranched alkanes of at least 4 members (excludes halogenated alkanes) is 2. The van der Waals surface area contributed by atoms with Crippen LogP contribution in [-0.2, 0) is 13.0 Å². The number of nitrogens with one attached hydrogen (secondary N) is 1. The second-order valence-corrected chi connectivity index (χ2v) is 7.55. The lowest BCUT2D eigenvalue weighted by Gasteiger charge is -2.11. The van der Waals surface area contributed by atoms with E-state index in [1.165, 1.54) is 12.4 Å². The highest BCUT2D eigenvalue weighted by molar-refractivity contribution is 6.06. The molecule has 0 bridgehead atoms. The number of nitrogens with zero attached hydrogens (tertiary/aromatic N) is 5. The van der Waals surface area contributed by atoms with E-state index in [1.807, 2.05) is 18.2 Å². The predicted molar refractivity (Wildman–Crippen MR) is 122 cm³/mol. The number of imidazole rings is 1. The van der Waals surface area contributed by atoms with E-state index in [4.69, 9.17) is 10.7 Å². The van der Waals surface area contributed by atoms with Crippen molar-refractivity contribution >= 4 is 33.7 Å². The molecular formula is C23H27N7O. The summed E-state index contributed by atoms with van der Waals surface area (Å²) in [7, 11) is 0. The third kappa shape index (κ3) is 4.47. The Hall–Kier alpha value is -3.55. The summed E-state index contributed by atoms with van der Waals surface area (Å²) in [4.78, 5) is 29.5. The number of nitrogens with two attached hydrogens (primary N) is 1. The van der Waals surface area contributed by atoms with Crippen LogP contribution in [0, 0.1) is 0 Å². The van der Waals surface area contributed by atoms with E-state index in [0.29, 0.717) is 18.1 Å². The van der Waals surface area contributed by atoms with Crippen molar-refractivity contribution in [2.24, 2.45) is 0 Å². The van der Waals surface area contributed by atoms with E-state index >= 15 is 0 Å². The molecule has 3 heterocycles. The fourth-order valence-corrected chi connectivity index (χ4v) is 3.78. The molecule has 0 saturated heterocycles. The number of carbonyl (C=O) groups excluding carboxylic acids is 1. The van der Waals surface area contributed by atoms with Crippen LogP contribution in [0.5, 0.6) is 0 Å². The highest BCUT2D eigenvalue weighted by Gasteiger charge is 2.16. The van der Waals surface area contributed by atoms with Crippen LogP contribution in [0.15, 0.2) is 42.9 Å². The van der Waals surface area contributed by atoms with Gasteiger partial charge in [-0.1, -0.05) is 31.5 Å². The highest BCUT2D eigenvalue weighted by atomic mass is 16.1. The number of aromatic nitrogens is 5. The van der Waals surface area contributed by atoms with Gasteiger partial charge >= 0.3 is 0 Å². The van der Waals surface area contributed by atoms with Crippen molar-refractivity contribution in [1.29, 1.82) is 0 Å². The summed E-state index contributed by atoms with van der Waals surface area (Å²) in [6.45, 7) is 3.57. The first-order valence-corrected chi connectivity index (χ1v) is 10.8. The third-order valence-corrected chi connectivity index (χ3v) is 5.33. The van der Waals surface area contributed by atoms with E-state index in [1.54, 1.807) is 6.20 Å². The first-order valence-electron chi connectivity index (χ1n) is 10.8. The topological polar surface area (TPSA) is 112 Å². The second-order valence-electron chi connectivity index (χ2n) is 7.55. The molecule has 0 spiro atoms. The fourth-order valence-electron chi connectivity index (χ4n) is 3.78. The summed E-state index contributed by atoms with van der Waals surface area (Å²) < 4.78 is 2.29. The summed E-state index contributed by atoms with van der Waals surface area (Å²) in [5.41, 5.74) is 9.30. The lowest BCUT2D eigenvalue weighted by molar-refractivity contribution is 0.0947. The largest absolute Gasteiger partial charge is 0.382 e. The van der Waals surface area contributed by atoms with Gasteiger partial charge in [0, 0.05) is 37.3 Å². The smallest absolute Gasteiger partial charge is 0.271 e. The minimum absolute atomic E-state index is 0.199. The minimum Gasteiger partial charge on any atom is -0.382 e. The SMILES string of the molecule is CCCCc1nc2c(N)nc3ccccc3c2n1CCCCNC(=O)c1cnccn1. The molecule has 1 aromatic carbocycles. The molecule has 3 aromatic heterocycles. The Labute approximate surface area is 180 Å². The molecule has 0 radical (unpaired) electrons. The van der Waals surface area contributed by atoms with E-state index < -0.39 is 0 Å². The van der Waals surface area contributed by atoms with Gasteiger partial charge in [0.25, 0.3) is 5.91 Å². The van der Waals surface area contributed by atoms with E-state index in [2.05, 4.69) is 37.8 Å². The van der Waals surface area contributed by atoms with Crippen molar-refractivity contribution in [3.05, 3.63) is 54.4 Å². The number of anilines is 1. The third-order valence-electron chi connectivity index (χ3n) is 5.33. The maximum atomic E-state index is 12.1. The zero-order valence-corrected chi connectivity index (χ0v) is 17.7. The number of amides is 1. The molecule has 0 saturated carbocycles. The van der Waals surface area contributed by atoms with Gasteiger partial charge in [0.1, 0.15) is 17.0 Å². The van der Waals surface area contributed by atoms with Gasteiger partial charge in [0.15, 0.2) is 5.82 Å². The van der Waals surface area contributed by atoms with Crippen LogP contribution in [0.3, 0.4) is 0 Å². The summed E-state index contributed by atoms with van der Waals surface area (Å²) in [5, 5.41) is 3.98. The average molecular weight is 418 g/mol. The van der Waals surface area contributed by atoms with Gasteiger partial charge in [0.05, 0.1) is 17.2 Å². The molecule has 3 N–H and O–H groups in total. The molecule has 4 rings (SSSR count). The van der Waals surface area contributed by atoms with Gasteiger partial charge in [-0.25, -0.2) is 15.0 Å². The molecule has 160 valence electrons. The van der Waals surface area contributed by atoms with Gasteiger partial charge in [-0.2, -0.15) is 0 Å². The number of fused-ring (bicyclic) bond motifs is 3. The number of carbonyl (C=O) groups is 1. The lowest BCUT2D eigenvalue weighted by Crippen LogP contribution is -2.25. The van der Waals surface area contributed by atoms with Crippen LogP contribution in [0.2, 0.25) is 0 Å². The summed E-state index contributed by atoms with van der Waals surface area (Å²) in [6, 6.07) is 8.05. The van der Waals surface area contributed by atoms with Gasteiger partial charge in [-0.05, 0) is 25.3 Å². The number of pyridine rings is 1. The predicted octanol–water partition coefficient (Wildman–Crippen LogP) is 3.51. The normalized spacial score (nSPS) is 11.3. The molecule has 1 amide bonds.